The normalized spacial score (nSPS) is 16.6. The van der Waals surface area contributed by atoms with Crippen LogP contribution in [-0.2, 0) is 16.1 Å². The third kappa shape index (κ3) is 3.29. The largest absolute Gasteiger partial charge is 0.465 e. The van der Waals surface area contributed by atoms with Crippen LogP contribution in [0, 0.1) is 13.8 Å². The van der Waals surface area contributed by atoms with Crippen LogP contribution < -0.4 is 5.32 Å². The van der Waals surface area contributed by atoms with Crippen molar-refractivity contribution in [2.24, 2.45) is 0 Å². The van der Waals surface area contributed by atoms with E-state index in [-0.39, 0.29) is 12.0 Å². The second kappa shape index (κ2) is 5.48. The van der Waals surface area contributed by atoms with E-state index in [4.69, 9.17) is 4.74 Å². The first-order valence-electron chi connectivity index (χ1n) is 6.41. The summed E-state index contributed by atoms with van der Waals surface area (Å²) in [5.74, 6) is 1.33. The first kappa shape index (κ1) is 13.0. The molecule has 2 rings (SSSR count). The molecule has 1 fully saturated rings. The van der Waals surface area contributed by atoms with Crippen molar-refractivity contribution in [2.75, 3.05) is 6.61 Å². The molecule has 1 unspecified atom stereocenters. The fourth-order valence-corrected chi connectivity index (χ4v) is 1.88. The van der Waals surface area contributed by atoms with Gasteiger partial charge in [-0.1, -0.05) is 0 Å². The van der Waals surface area contributed by atoms with Crippen molar-refractivity contribution in [2.45, 2.75) is 52.2 Å². The highest BCUT2D eigenvalue weighted by Gasteiger charge is 2.30. The minimum Gasteiger partial charge on any atom is -0.465 e. The number of aryl methyl sites for hydroxylation is 2. The molecule has 1 aliphatic rings. The van der Waals surface area contributed by atoms with E-state index in [1.54, 1.807) is 4.68 Å². The van der Waals surface area contributed by atoms with Gasteiger partial charge in [0.25, 0.3) is 0 Å². The maximum absolute atomic E-state index is 11.9. The van der Waals surface area contributed by atoms with Gasteiger partial charge in [-0.2, -0.15) is 5.10 Å². The van der Waals surface area contributed by atoms with Crippen LogP contribution in [0.3, 0.4) is 0 Å². The average Bonchev–Trinajstić information content (AvgIpc) is 3.05. The Bertz CT molecular complexity index is 426. The lowest BCUT2D eigenvalue weighted by atomic mass is 10.3. The molecule has 1 aliphatic carbocycles. The smallest absolute Gasteiger partial charge is 0.325 e. The molecular formula is C12H20N4O2. The zero-order valence-electron chi connectivity index (χ0n) is 11.1. The van der Waals surface area contributed by atoms with Gasteiger partial charge in [0.15, 0.2) is 0 Å². The minimum absolute atomic E-state index is 0.211. The topological polar surface area (TPSA) is 69.0 Å². The molecule has 1 aromatic rings. The molecule has 0 radical (unpaired) electrons. The third-order valence-corrected chi connectivity index (χ3v) is 2.90. The summed E-state index contributed by atoms with van der Waals surface area (Å²) in [6, 6.07) is 0.113. The molecule has 1 aromatic heterocycles. The monoisotopic (exact) mass is 252 g/mol. The van der Waals surface area contributed by atoms with Gasteiger partial charge in [0, 0.05) is 6.04 Å². The van der Waals surface area contributed by atoms with Gasteiger partial charge in [-0.25, -0.2) is 9.67 Å². The Labute approximate surface area is 107 Å². The fourth-order valence-electron chi connectivity index (χ4n) is 1.88. The first-order valence-corrected chi connectivity index (χ1v) is 6.41. The average molecular weight is 252 g/mol. The van der Waals surface area contributed by atoms with Gasteiger partial charge in [0.05, 0.1) is 13.2 Å². The molecule has 0 saturated heterocycles. The van der Waals surface area contributed by atoms with Gasteiger partial charge in [-0.15, -0.1) is 0 Å². The third-order valence-electron chi connectivity index (χ3n) is 2.90. The highest BCUT2D eigenvalue weighted by molar-refractivity contribution is 5.75. The van der Waals surface area contributed by atoms with Crippen LogP contribution in [-0.4, -0.2) is 39.4 Å². The summed E-state index contributed by atoms with van der Waals surface area (Å²) >= 11 is 0. The molecule has 6 nitrogen and oxygen atoms in total. The zero-order valence-corrected chi connectivity index (χ0v) is 11.1. The molecular weight excluding hydrogens is 232 g/mol. The molecule has 6 heteroatoms. The van der Waals surface area contributed by atoms with E-state index >= 15 is 0 Å². The minimum atomic E-state index is -0.336. The molecule has 18 heavy (non-hydrogen) atoms. The summed E-state index contributed by atoms with van der Waals surface area (Å²) in [5.41, 5.74) is 0. The van der Waals surface area contributed by atoms with Crippen LogP contribution in [0.2, 0.25) is 0 Å². The van der Waals surface area contributed by atoms with Crippen molar-refractivity contribution >= 4 is 5.97 Å². The van der Waals surface area contributed by atoms with Crippen LogP contribution >= 0.6 is 0 Å². The number of nitrogens with zero attached hydrogens (tertiary/aromatic N) is 3. The van der Waals surface area contributed by atoms with Gasteiger partial charge in [-0.3, -0.25) is 4.79 Å². The van der Waals surface area contributed by atoms with Gasteiger partial charge >= 0.3 is 5.97 Å². The fraction of sp³-hybridized carbons (Fsp3) is 0.750. The number of ether oxygens (including phenoxy) is 1. The Morgan fingerprint density at radius 2 is 2.28 bits per heavy atom. The lowest BCUT2D eigenvalue weighted by Gasteiger charge is -2.17. The predicted octanol–water partition coefficient (Wildman–Crippen LogP) is 0.579. The Morgan fingerprint density at radius 1 is 1.56 bits per heavy atom. The SMILES string of the molecule is CCOC(=O)C(Cn1nc(C)nc1C)NC1CC1. The summed E-state index contributed by atoms with van der Waals surface area (Å²) < 4.78 is 6.84. The quantitative estimate of drug-likeness (QED) is 0.750. The number of rotatable bonds is 6. The van der Waals surface area contributed by atoms with Gasteiger partial charge in [0.1, 0.15) is 17.7 Å². The van der Waals surface area contributed by atoms with Crippen LogP contribution in [0.15, 0.2) is 0 Å². The summed E-state index contributed by atoms with van der Waals surface area (Å²) in [6.07, 6.45) is 2.26. The van der Waals surface area contributed by atoms with Crippen molar-refractivity contribution in [1.82, 2.24) is 20.1 Å². The number of aromatic nitrogens is 3. The van der Waals surface area contributed by atoms with Crippen LogP contribution in [0.5, 0.6) is 0 Å². The molecule has 0 amide bonds. The Morgan fingerprint density at radius 3 is 2.78 bits per heavy atom. The van der Waals surface area contributed by atoms with E-state index in [1.165, 1.54) is 0 Å². The molecule has 0 bridgehead atoms. The zero-order chi connectivity index (χ0) is 13.1. The second-order valence-electron chi connectivity index (χ2n) is 4.63. The molecule has 100 valence electrons. The molecule has 0 spiro atoms. The Balaban J connectivity index is 2.03. The second-order valence-corrected chi connectivity index (χ2v) is 4.63. The molecule has 1 heterocycles. The van der Waals surface area contributed by atoms with Gasteiger partial charge in [-0.05, 0) is 33.6 Å². The van der Waals surface area contributed by atoms with E-state index in [2.05, 4.69) is 15.4 Å². The van der Waals surface area contributed by atoms with Crippen molar-refractivity contribution in [3.8, 4) is 0 Å². The van der Waals surface area contributed by atoms with E-state index < -0.39 is 0 Å². The maximum Gasteiger partial charge on any atom is 0.325 e. The van der Waals surface area contributed by atoms with E-state index in [9.17, 15) is 4.79 Å². The van der Waals surface area contributed by atoms with E-state index in [1.807, 2.05) is 20.8 Å². The highest BCUT2D eigenvalue weighted by Crippen LogP contribution is 2.20. The number of carbonyl (C=O) groups is 1. The number of hydrogen-bond donors (Lipinski definition) is 1. The number of nitrogens with one attached hydrogen (secondary N) is 1. The molecule has 1 atom stereocenters. The van der Waals surface area contributed by atoms with Crippen LogP contribution in [0.4, 0.5) is 0 Å². The van der Waals surface area contributed by atoms with E-state index in [0.717, 1.165) is 24.5 Å². The number of carbonyl (C=O) groups excluding carboxylic acids is 1. The lowest BCUT2D eigenvalue weighted by Crippen LogP contribution is -2.43. The standard InChI is InChI=1S/C12H20N4O2/c1-4-18-12(17)11(14-10-5-6-10)7-16-9(3)13-8(2)15-16/h10-11,14H,4-7H2,1-3H3. The Kier molecular flexibility index (Phi) is 3.96. The van der Waals surface area contributed by atoms with Crippen LogP contribution in [0.25, 0.3) is 0 Å². The van der Waals surface area contributed by atoms with Crippen molar-refractivity contribution in [3.63, 3.8) is 0 Å². The molecule has 0 aliphatic heterocycles. The molecule has 1 saturated carbocycles. The van der Waals surface area contributed by atoms with Crippen molar-refractivity contribution in [1.29, 1.82) is 0 Å². The summed E-state index contributed by atoms with van der Waals surface area (Å²) in [7, 11) is 0. The van der Waals surface area contributed by atoms with Crippen molar-refractivity contribution < 1.29 is 9.53 Å². The predicted molar refractivity (Wildman–Crippen MR) is 66.1 cm³/mol. The molecule has 1 N–H and O–H groups in total. The first-order chi connectivity index (χ1) is 8.60. The maximum atomic E-state index is 11.9. The number of hydrogen-bond acceptors (Lipinski definition) is 5. The van der Waals surface area contributed by atoms with Crippen molar-refractivity contribution in [3.05, 3.63) is 11.6 Å². The molecule has 0 aromatic carbocycles. The summed E-state index contributed by atoms with van der Waals surface area (Å²) in [5, 5.41) is 7.58. The lowest BCUT2D eigenvalue weighted by molar-refractivity contribution is -0.146. The van der Waals surface area contributed by atoms with Gasteiger partial charge < -0.3 is 10.1 Å². The summed E-state index contributed by atoms with van der Waals surface area (Å²) in [4.78, 5) is 16.1. The van der Waals surface area contributed by atoms with E-state index in [0.29, 0.717) is 19.2 Å². The highest BCUT2D eigenvalue weighted by atomic mass is 16.5. The van der Waals surface area contributed by atoms with Gasteiger partial charge in [0.2, 0.25) is 0 Å². The summed E-state index contributed by atoms with van der Waals surface area (Å²) in [6.45, 7) is 6.42. The number of esters is 1. The van der Waals surface area contributed by atoms with Crippen LogP contribution in [0.1, 0.15) is 31.4 Å². The Hall–Kier alpha value is -1.43.